The zero-order valence-electron chi connectivity index (χ0n) is 12.9. The molecule has 1 aromatic heterocycles. The third-order valence-corrected chi connectivity index (χ3v) is 3.42. The third-order valence-electron chi connectivity index (χ3n) is 3.42. The number of carbonyl (C=O) groups is 1. The number of hydrogen-bond donors (Lipinski definition) is 2. The van der Waals surface area contributed by atoms with Gasteiger partial charge in [0.2, 0.25) is 0 Å². The molecule has 0 bridgehead atoms. The van der Waals surface area contributed by atoms with Crippen LogP contribution in [0.2, 0.25) is 0 Å². The number of hydrogen-bond acceptors (Lipinski definition) is 3. The van der Waals surface area contributed by atoms with Gasteiger partial charge in [0.05, 0.1) is 11.1 Å². The standard InChI is InChI=1S/C17H23N3O/c1-4-8-12(3)19-17(21)14-11-16(18-5-2)20-15-10-7-6-9-13(14)15/h6-7,9-12H,4-5,8H2,1-3H3,(H,18,20)(H,19,21). The first kappa shape index (κ1) is 15.3. The molecular weight excluding hydrogens is 262 g/mol. The highest BCUT2D eigenvalue weighted by molar-refractivity contribution is 6.07. The van der Waals surface area contributed by atoms with E-state index in [0.29, 0.717) is 5.56 Å². The van der Waals surface area contributed by atoms with Gasteiger partial charge in [-0.1, -0.05) is 31.5 Å². The summed E-state index contributed by atoms with van der Waals surface area (Å²) in [5.74, 6) is 0.707. The van der Waals surface area contributed by atoms with E-state index in [0.717, 1.165) is 36.1 Å². The van der Waals surface area contributed by atoms with Crippen LogP contribution in [0.3, 0.4) is 0 Å². The highest BCUT2D eigenvalue weighted by Gasteiger charge is 2.14. The topological polar surface area (TPSA) is 54.0 Å². The highest BCUT2D eigenvalue weighted by Crippen LogP contribution is 2.21. The predicted molar refractivity (Wildman–Crippen MR) is 87.7 cm³/mol. The van der Waals surface area contributed by atoms with Crippen molar-refractivity contribution in [2.24, 2.45) is 0 Å². The first-order valence-corrected chi connectivity index (χ1v) is 7.60. The van der Waals surface area contributed by atoms with E-state index >= 15 is 0 Å². The second-order valence-electron chi connectivity index (χ2n) is 5.27. The second-order valence-corrected chi connectivity index (χ2v) is 5.27. The normalized spacial score (nSPS) is 12.1. The van der Waals surface area contributed by atoms with Crippen molar-refractivity contribution in [1.82, 2.24) is 10.3 Å². The number of rotatable bonds is 6. The largest absolute Gasteiger partial charge is 0.370 e. The van der Waals surface area contributed by atoms with E-state index in [9.17, 15) is 4.79 Å². The molecule has 0 aliphatic heterocycles. The average Bonchev–Trinajstić information content (AvgIpc) is 2.47. The Kier molecular flexibility index (Phi) is 5.14. The minimum Gasteiger partial charge on any atom is -0.370 e. The summed E-state index contributed by atoms with van der Waals surface area (Å²) < 4.78 is 0. The summed E-state index contributed by atoms with van der Waals surface area (Å²) >= 11 is 0. The van der Waals surface area contributed by atoms with Gasteiger partial charge in [-0.15, -0.1) is 0 Å². The molecule has 1 aromatic carbocycles. The van der Waals surface area contributed by atoms with Gasteiger partial charge < -0.3 is 10.6 Å². The third kappa shape index (κ3) is 3.72. The zero-order chi connectivity index (χ0) is 15.2. The SMILES string of the molecule is CCCC(C)NC(=O)c1cc(NCC)nc2ccccc12. The van der Waals surface area contributed by atoms with E-state index < -0.39 is 0 Å². The first-order valence-electron chi connectivity index (χ1n) is 7.60. The van der Waals surface area contributed by atoms with Crippen LogP contribution < -0.4 is 10.6 Å². The average molecular weight is 285 g/mol. The fourth-order valence-electron chi connectivity index (χ4n) is 2.44. The number of fused-ring (bicyclic) bond motifs is 1. The molecule has 112 valence electrons. The number of pyridine rings is 1. The quantitative estimate of drug-likeness (QED) is 0.853. The number of para-hydroxylation sites is 1. The van der Waals surface area contributed by atoms with Crippen LogP contribution in [-0.2, 0) is 0 Å². The number of amides is 1. The van der Waals surface area contributed by atoms with Gasteiger partial charge in [-0.3, -0.25) is 4.79 Å². The predicted octanol–water partition coefficient (Wildman–Crippen LogP) is 3.59. The van der Waals surface area contributed by atoms with E-state index in [1.807, 2.05) is 44.2 Å². The van der Waals surface area contributed by atoms with Crippen molar-refractivity contribution in [3.63, 3.8) is 0 Å². The van der Waals surface area contributed by atoms with Gasteiger partial charge in [0, 0.05) is 18.0 Å². The fourth-order valence-corrected chi connectivity index (χ4v) is 2.44. The van der Waals surface area contributed by atoms with Gasteiger partial charge in [0.15, 0.2) is 0 Å². The van der Waals surface area contributed by atoms with Crippen molar-refractivity contribution >= 4 is 22.6 Å². The number of anilines is 1. The molecule has 0 saturated carbocycles. The van der Waals surface area contributed by atoms with Crippen LogP contribution >= 0.6 is 0 Å². The number of nitrogens with zero attached hydrogens (tertiary/aromatic N) is 1. The van der Waals surface area contributed by atoms with Crippen molar-refractivity contribution in [3.8, 4) is 0 Å². The molecular formula is C17H23N3O. The second kappa shape index (κ2) is 7.07. The Hall–Kier alpha value is -2.10. The van der Waals surface area contributed by atoms with Crippen molar-refractivity contribution in [3.05, 3.63) is 35.9 Å². The van der Waals surface area contributed by atoms with Gasteiger partial charge in [-0.2, -0.15) is 0 Å². The molecule has 21 heavy (non-hydrogen) atoms. The molecule has 2 N–H and O–H groups in total. The van der Waals surface area contributed by atoms with Crippen LogP contribution in [0.4, 0.5) is 5.82 Å². The maximum absolute atomic E-state index is 12.5. The Labute approximate surface area is 126 Å². The summed E-state index contributed by atoms with van der Waals surface area (Å²) in [5, 5.41) is 7.14. The van der Waals surface area contributed by atoms with Crippen LogP contribution in [-0.4, -0.2) is 23.5 Å². The molecule has 0 aliphatic carbocycles. The molecule has 1 heterocycles. The number of aromatic nitrogens is 1. The lowest BCUT2D eigenvalue weighted by molar-refractivity contribution is 0.0940. The van der Waals surface area contributed by atoms with E-state index in [-0.39, 0.29) is 11.9 Å². The maximum Gasteiger partial charge on any atom is 0.252 e. The molecule has 1 atom stereocenters. The van der Waals surface area contributed by atoms with Gasteiger partial charge >= 0.3 is 0 Å². The Bertz CT molecular complexity index is 624. The molecule has 0 fully saturated rings. The molecule has 1 amide bonds. The molecule has 0 saturated heterocycles. The number of nitrogens with one attached hydrogen (secondary N) is 2. The monoisotopic (exact) mass is 285 g/mol. The van der Waals surface area contributed by atoms with Crippen molar-refractivity contribution in [2.75, 3.05) is 11.9 Å². The van der Waals surface area contributed by atoms with Gasteiger partial charge in [0.1, 0.15) is 5.82 Å². The fraction of sp³-hybridized carbons (Fsp3) is 0.412. The van der Waals surface area contributed by atoms with Crippen LogP contribution in [0.1, 0.15) is 44.0 Å². The molecule has 1 unspecified atom stereocenters. The molecule has 4 nitrogen and oxygen atoms in total. The summed E-state index contributed by atoms with van der Waals surface area (Å²) in [7, 11) is 0. The number of benzene rings is 1. The molecule has 2 rings (SSSR count). The smallest absolute Gasteiger partial charge is 0.252 e. The lowest BCUT2D eigenvalue weighted by Gasteiger charge is -2.15. The molecule has 2 aromatic rings. The van der Waals surface area contributed by atoms with Crippen LogP contribution in [0.5, 0.6) is 0 Å². The minimum atomic E-state index is -0.0336. The zero-order valence-corrected chi connectivity index (χ0v) is 12.9. The first-order chi connectivity index (χ1) is 10.2. The lowest BCUT2D eigenvalue weighted by Crippen LogP contribution is -2.32. The maximum atomic E-state index is 12.5. The summed E-state index contributed by atoms with van der Waals surface area (Å²) in [6, 6.07) is 9.76. The molecule has 4 heteroatoms. The number of carbonyl (C=O) groups excluding carboxylic acids is 1. The summed E-state index contributed by atoms with van der Waals surface area (Å²) in [4.78, 5) is 17.1. The molecule has 0 radical (unpaired) electrons. The molecule has 0 spiro atoms. The summed E-state index contributed by atoms with van der Waals surface area (Å²) in [5.41, 5.74) is 1.52. The van der Waals surface area contributed by atoms with Crippen LogP contribution in [0.25, 0.3) is 10.9 Å². The van der Waals surface area contributed by atoms with Crippen LogP contribution in [0, 0.1) is 0 Å². The summed E-state index contributed by atoms with van der Waals surface area (Å²) in [6.07, 6.45) is 2.04. The molecule has 0 aliphatic rings. The van der Waals surface area contributed by atoms with E-state index in [1.54, 1.807) is 0 Å². The van der Waals surface area contributed by atoms with Gasteiger partial charge in [0.25, 0.3) is 5.91 Å². The van der Waals surface area contributed by atoms with Crippen molar-refractivity contribution in [1.29, 1.82) is 0 Å². The van der Waals surface area contributed by atoms with Crippen LogP contribution in [0.15, 0.2) is 30.3 Å². The van der Waals surface area contributed by atoms with E-state index in [2.05, 4.69) is 22.5 Å². The van der Waals surface area contributed by atoms with Gasteiger partial charge in [-0.25, -0.2) is 4.98 Å². The summed E-state index contributed by atoms with van der Waals surface area (Å²) in [6.45, 7) is 6.95. The Morgan fingerprint density at radius 2 is 2.05 bits per heavy atom. The van der Waals surface area contributed by atoms with E-state index in [1.165, 1.54) is 0 Å². The Balaban J connectivity index is 2.38. The highest BCUT2D eigenvalue weighted by atomic mass is 16.1. The lowest BCUT2D eigenvalue weighted by atomic mass is 10.1. The minimum absolute atomic E-state index is 0.0336. The Morgan fingerprint density at radius 1 is 1.29 bits per heavy atom. The van der Waals surface area contributed by atoms with Crippen molar-refractivity contribution in [2.45, 2.75) is 39.7 Å². The van der Waals surface area contributed by atoms with Gasteiger partial charge in [-0.05, 0) is 32.4 Å². The van der Waals surface area contributed by atoms with Crippen molar-refractivity contribution < 1.29 is 4.79 Å². The Morgan fingerprint density at radius 3 is 2.76 bits per heavy atom. The van der Waals surface area contributed by atoms with E-state index in [4.69, 9.17) is 0 Å².